The number of fused-ring (bicyclic) bond motifs is 3. The third kappa shape index (κ3) is 4.22. The number of pyridine rings is 1. The number of carbonyl (C=O) groups is 2. The van der Waals surface area contributed by atoms with Crippen LogP contribution >= 0.6 is 0 Å². The monoisotopic (exact) mass is 434 g/mol. The smallest absolute Gasteiger partial charge is 0.227 e. The maximum absolute atomic E-state index is 12.1. The molecule has 1 aromatic heterocycles. The van der Waals surface area contributed by atoms with Crippen LogP contribution in [0.4, 0.5) is 11.5 Å². The van der Waals surface area contributed by atoms with Crippen LogP contribution in [0.1, 0.15) is 38.4 Å². The Morgan fingerprint density at radius 3 is 2.81 bits per heavy atom. The first-order valence-corrected chi connectivity index (χ1v) is 10.4. The molecule has 9 nitrogen and oxygen atoms in total. The van der Waals surface area contributed by atoms with Crippen LogP contribution in [0.3, 0.4) is 0 Å². The predicted octanol–water partition coefficient (Wildman–Crippen LogP) is 2.48. The molecule has 4 rings (SSSR count). The van der Waals surface area contributed by atoms with Crippen LogP contribution in [0.25, 0.3) is 11.1 Å². The molecular formula is C23H26N6O3. The molecule has 2 aliphatic heterocycles. The van der Waals surface area contributed by atoms with Crippen LogP contribution in [0.15, 0.2) is 54.3 Å². The number of aromatic nitrogens is 1. The summed E-state index contributed by atoms with van der Waals surface area (Å²) in [5, 5.41) is 5.58. The van der Waals surface area contributed by atoms with E-state index in [1.807, 2.05) is 31.2 Å². The average Bonchev–Trinajstić information content (AvgIpc) is 3.18. The van der Waals surface area contributed by atoms with Gasteiger partial charge >= 0.3 is 0 Å². The van der Waals surface area contributed by atoms with Crippen molar-refractivity contribution in [1.29, 1.82) is 0 Å². The number of anilines is 2. The number of allylic oxidation sites excluding steroid dienone is 1. The van der Waals surface area contributed by atoms with Gasteiger partial charge in [0, 0.05) is 66.8 Å². The molecule has 9 heteroatoms. The highest BCUT2D eigenvalue weighted by atomic mass is 16.5. The predicted molar refractivity (Wildman–Crippen MR) is 122 cm³/mol. The fourth-order valence-corrected chi connectivity index (χ4v) is 3.96. The maximum atomic E-state index is 12.1. The zero-order chi connectivity index (χ0) is 22.8. The van der Waals surface area contributed by atoms with E-state index < -0.39 is 0 Å². The number of ether oxygens (including phenoxy) is 1. The highest BCUT2D eigenvalue weighted by Crippen LogP contribution is 2.44. The Bertz CT molecular complexity index is 1140. The Morgan fingerprint density at radius 1 is 1.31 bits per heavy atom. The average molecular weight is 435 g/mol. The van der Waals surface area contributed by atoms with Crippen molar-refractivity contribution in [2.45, 2.75) is 32.8 Å². The number of nitrogens with two attached hydrogens (primary N) is 2. The van der Waals surface area contributed by atoms with Gasteiger partial charge in [-0.05, 0) is 31.5 Å². The molecule has 3 heterocycles. The topological polar surface area (TPSA) is 136 Å². The summed E-state index contributed by atoms with van der Waals surface area (Å²) in [5.74, 6) is 1.33. The summed E-state index contributed by atoms with van der Waals surface area (Å²) in [5.41, 5.74) is 15.7. The number of rotatable bonds is 5. The van der Waals surface area contributed by atoms with Crippen molar-refractivity contribution in [2.24, 2.45) is 11.5 Å². The van der Waals surface area contributed by atoms with Crippen LogP contribution < -0.4 is 31.7 Å². The first-order chi connectivity index (χ1) is 15.4. The van der Waals surface area contributed by atoms with Gasteiger partial charge in [-0.25, -0.2) is 4.98 Å². The van der Waals surface area contributed by atoms with Gasteiger partial charge in [0.1, 0.15) is 23.5 Å². The van der Waals surface area contributed by atoms with Crippen molar-refractivity contribution >= 4 is 23.3 Å². The molecule has 2 amide bonds. The number of benzene rings is 1. The summed E-state index contributed by atoms with van der Waals surface area (Å²) in [7, 11) is 0. The number of carbonyl (C=O) groups excluding carboxylic acids is 2. The molecule has 2 aliphatic rings. The van der Waals surface area contributed by atoms with Gasteiger partial charge in [-0.2, -0.15) is 0 Å². The van der Waals surface area contributed by atoms with E-state index in [9.17, 15) is 9.59 Å². The Morgan fingerprint density at radius 2 is 2.12 bits per heavy atom. The highest BCUT2D eigenvalue weighted by molar-refractivity contribution is 5.96. The van der Waals surface area contributed by atoms with Gasteiger partial charge in [-0.1, -0.05) is 0 Å². The largest absolute Gasteiger partial charge is 0.485 e. The second-order valence-corrected chi connectivity index (χ2v) is 7.77. The second kappa shape index (κ2) is 8.62. The quantitative estimate of drug-likeness (QED) is 0.531. The lowest BCUT2D eigenvalue weighted by atomic mass is 9.94. The Labute approximate surface area is 186 Å². The third-order valence-corrected chi connectivity index (χ3v) is 5.40. The van der Waals surface area contributed by atoms with E-state index in [0.29, 0.717) is 17.9 Å². The third-order valence-electron chi connectivity index (χ3n) is 5.40. The van der Waals surface area contributed by atoms with Gasteiger partial charge < -0.3 is 31.7 Å². The van der Waals surface area contributed by atoms with Gasteiger partial charge in [0.15, 0.2) is 0 Å². The van der Waals surface area contributed by atoms with Crippen LogP contribution in [0.2, 0.25) is 0 Å². The molecule has 6 N–H and O–H groups in total. The standard InChI is InChI=1S/C23H26N6O3/c1-13-18-10-22(28-15(11-24)8-21(25)27-14(2)30)26-12-19(18)17-6-5-16(9-20(17)32-13)29-7-3-4-23(29)31/h5-6,8-13H,3-4,7,24-25H2,1-2H3,(H,26,28)(H,27,30)/b15-11+,21-8+. The van der Waals surface area contributed by atoms with Crippen molar-refractivity contribution in [3.8, 4) is 16.9 Å². The molecule has 1 fully saturated rings. The summed E-state index contributed by atoms with van der Waals surface area (Å²) >= 11 is 0. The fourth-order valence-electron chi connectivity index (χ4n) is 3.96. The normalized spacial score (nSPS) is 18.0. The lowest BCUT2D eigenvalue weighted by molar-refractivity contribution is -0.118. The van der Waals surface area contributed by atoms with E-state index in [-0.39, 0.29) is 23.7 Å². The number of hydrogen-bond acceptors (Lipinski definition) is 7. The molecular weight excluding hydrogens is 408 g/mol. The van der Waals surface area contributed by atoms with Gasteiger partial charge in [-0.15, -0.1) is 0 Å². The highest BCUT2D eigenvalue weighted by Gasteiger charge is 2.27. The van der Waals surface area contributed by atoms with E-state index in [4.69, 9.17) is 16.2 Å². The SMILES string of the molecule is CC(=O)N/C(N)=C/C(=C\N)Nc1cc2c(cn1)-c1ccc(N3CCCC3=O)cc1OC2C. The molecule has 0 saturated carbocycles. The Kier molecular flexibility index (Phi) is 5.72. The minimum atomic E-state index is -0.274. The van der Waals surface area contributed by atoms with Crippen LogP contribution in [0, 0.1) is 0 Å². The van der Waals surface area contributed by atoms with Crippen LogP contribution in [0.5, 0.6) is 5.75 Å². The number of nitrogens with one attached hydrogen (secondary N) is 2. The molecule has 0 spiro atoms. The van der Waals surface area contributed by atoms with Crippen LogP contribution in [-0.4, -0.2) is 23.3 Å². The van der Waals surface area contributed by atoms with Crippen molar-refractivity contribution in [2.75, 3.05) is 16.8 Å². The molecule has 0 aliphatic carbocycles. The fraction of sp³-hybridized carbons (Fsp3) is 0.261. The molecule has 166 valence electrons. The molecule has 0 radical (unpaired) electrons. The Hall–Kier alpha value is -4.01. The van der Waals surface area contributed by atoms with Gasteiger partial charge in [0.05, 0.1) is 5.70 Å². The van der Waals surface area contributed by atoms with Crippen molar-refractivity contribution in [1.82, 2.24) is 10.3 Å². The van der Waals surface area contributed by atoms with Crippen molar-refractivity contribution in [3.05, 3.63) is 59.8 Å². The first kappa shape index (κ1) is 21.2. The zero-order valence-electron chi connectivity index (χ0n) is 18.0. The molecule has 1 atom stereocenters. The number of amides is 2. The lowest BCUT2D eigenvalue weighted by Crippen LogP contribution is -2.25. The Balaban J connectivity index is 1.60. The zero-order valence-corrected chi connectivity index (χ0v) is 18.0. The second-order valence-electron chi connectivity index (χ2n) is 7.77. The minimum Gasteiger partial charge on any atom is -0.485 e. The van der Waals surface area contributed by atoms with E-state index in [1.54, 1.807) is 11.1 Å². The first-order valence-electron chi connectivity index (χ1n) is 10.4. The summed E-state index contributed by atoms with van der Waals surface area (Å²) in [6, 6.07) is 7.74. The van der Waals surface area contributed by atoms with E-state index >= 15 is 0 Å². The summed E-state index contributed by atoms with van der Waals surface area (Å²) in [4.78, 5) is 29.5. The maximum Gasteiger partial charge on any atom is 0.227 e. The minimum absolute atomic E-state index is 0.142. The molecule has 32 heavy (non-hydrogen) atoms. The van der Waals surface area contributed by atoms with E-state index in [2.05, 4.69) is 15.6 Å². The summed E-state index contributed by atoms with van der Waals surface area (Å²) in [6.45, 7) is 4.07. The van der Waals surface area contributed by atoms with Crippen molar-refractivity contribution in [3.63, 3.8) is 0 Å². The van der Waals surface area contributed by atoms with Gasteiger partial charge in [0.25, 0.3) is 0 Å². The van der Waals surface area contributed by atoms with Crippen LogP contribution in [-0.2, 0) is 9.59 Å². The molecule has 0 bridgehead atoms. The van der Waals surface area contributed by atoms with Gasteiger partial charge in [0.2, 0.25) is 11.8 Å². The molecule has 2 aromatic rings. The van der Waals surface area contributed by atoms with E-state index in [0.717, 1.165) is 41.1 Å². The summed E-state index contributed by atoms with van der Waals surface area (Å²) in [6.07, 6.45) is 5.88. The van der Waals surface area contributed by atoms with E-state index in [1.165, 1.54) is 19.2 Å². The molecule has 1 aromatic carbocycles. The number of nitrogens with zero attached hydrogens (tertiary/aromatic N) is 2. The summed E-state index contributed by atoms with van der Waals surface area (Å²) < 4.78 is 6.18. The number of hydrogen-bond donors (Lipinski definition) is 4. The van der Waals surface area contributed by atoms with Gasteiger partial charge in [-0.3, -0.25) is 9.59 Å². The molecule has 1 unspecified atom stereocenters. The van der Waals surface area contributed by atoms with Crippen molar-refractivity contribution < 1.29 is 14.3 Å². The molecule has 1 saturated heterocycles. The lowest BCUT2D eigenvalue weighted by Gasteiger charge is -2.28.